The van der Waals surface area contributed by atoms with Crippen molar-refractivity contribution >= 4 is 5.78 Å². The first-order chi connectivity index (χ1) is 14.9. The number of Topliss-reactive ketones (excluding diaryl/α,β-unsaturated/α-hetero) is 1. The second-order valence-electron chi connectivity index (χ2n) is 11.0. The number of hydrogen-bond donors (Lipinski definition) is 0. The summed E-state index contributed by atoms with van der Waals surface area (Å²) >= 11 is 0. The lowest BCUT2D eigenvalue weighted by atomic mass is 9.55. The van der Waals surface area contributed by atoms with Crippen molar-refractivity contribution in [1.82, 2.24) is 15.0 Å². The van der Waals surface area contributed by atoms with E-state index in [4.69, 9.17) is 0 Å². The van der Waals surface area contributed by atoms with E-state index in [2.05, 4.69) is 55.5 Å². The van der Waals surface area contributed by atoms with Gasteiger partial charge in [0.25, 0.3) is 0 Å². The van der Waals surface area contributed by atoms with Crippen molar-refractivity contribution in [1.29, 1.82) is 0 Å². The number of fused-ring (bicyclic) bond motifs is 5. The monoisotopic (exact) mass is 419 g/mol. The molecule has 0 amide bonds. The van der Waals surface area contributed by atoms with Gasteiger partial charge >= 0.3 is 0 Å². The lowest BCUT2D eigenvalue weighted by Crippen LogP contribution is -2.42. The van der Waals surface area contributed by atoms with Crippen LogP contribution >= 0.6 is 0 Å². The Morgan fingerprint density at radius 1 is 1.16 bits per heavy atom. The summed E-state index contributed by atoms with van der Waals surface area (Å²) in [4.78, 5) is 12.5. The normalized spacial score (nSPS) is 29.7. The third kappa shape index (κ3) is 3.87. The quantitative estimate of drug-likeness (QED) is 0.618. The van der Waals surface area contributed by atoms with E-state index in [1.165, 1.54) is 31.2 Å². The van der Waals surface area contributed by atoms with Crippen LogP contribution in [0.1, 0.15) is 87.6 Å². The zero-order chi connectivity index (χ0) is 21.6. The van der Waals surface area contributed by atoms with Gasteiger partial charge in [-0.15, -0.1) is 5.10 Å². The highest BCUT2D eigenvalue weighted by Gasteiger charge is 2.54. The maximum Gasteiger partial charge on any atom is 0.139 e. The summed E-state index contributed by atoms with van der Waals surface area (Å²) in [5, 5.41) is 8.68. The van der Waals surface area contributed by atoms with Crippen molar-refractivity contribution in [2.24, 2.45) is 23.2 Å². The predicted molar refractivity (Wildman–Crippen MR) is 123 cm³/mol. The second-order valence-corrected chi connectivity index (χ2v) is 11.0. The van der Waals surface area contributed by atoms with E-state index in [0.29, 0.717) is 29.5 Å². The minimum Gasteiger partial charge on any atom is -0.299 e. The van der Waals surface area contributed by atoms with Crippen molar-refractivity contribution in [2.75, 3.05) is 0 Å². The van der Waals surface area contributed by atoms with Crippen molar-refractivity contribution in [2.45, 2.75) is 91.0 Å². The van der Waals surface area contributed by atoms with E-state index >= 15 is 0 Å². The molecule has 0 bridgehead atoms. The van der Waals surface area contributed by atoms with Crippen LogP contribution in [0.4, 0.5) is 0 Å². The molecule has 5 rings (SSSR count). The topological polar surface area (TPSA) is 47.8 Å². The van der Waals surface area contributed by atoms with Crippen LogP contribution in [-0.2, 0) is 30.6 Å². The molecule has 1 aromatic carbocycles. The van der Waals surface area contributed by atoms with E-state index in [9.17, 15) is 4.79 Å². The highest BCUT2D eigenvalue weighted by Crippen LogP contribution is 2.59. The molecule has 1 aromatic heterocycles. The molecule has 0 saturated heterocycles. The van der Waals surface area contributed by atoms with Gasteiger partial charge in [-0.3, -0.25) is 9.48 Å². The molecule has 0 aliphatic heterocycles. The zero-order valence-corrected chi connectivity index (χ0v) is 19.4. The summed E-state index contributed by atoms with van der Waals surface area (Å²) < 4.78 is 2.00. The molecular weight excluding hydrogens is 382 g/mol. The molecule has 0 radical (unpaired) electrons. The average Bonchev–Trinajstić information content (AvgIpc) is 3.34. The van der Waals surface area contributed by atoms with Gasteiger partial charge in [0.1, 0.15) is 5.78 Å². The largest absolute Gasteiger partial charge is 0.299 e. The maximum absolute atomic E-state index is 12.5. The number of ketones is 1. The SMILES string of the molecule is CC(C)CCc1cn(CCc2ccc3c(c2)CC[C@@H]2[C@@H]3CC[C@]3(C)C(=O)CC[C@@H]23)nn1. The summed E-state index contributed by atoms with van der Waals surface area (Å²) in [5.41, 5.74) is 5.64. The van der Waals surface area contributed by atoms with Crippen LogP contribution in [0.25, 0.3) is 0 Å². The van der Waals surface area contributed by atoms with Crippen LogP contribution < -0.4 is 0 Å². The Kier molecular flexibility index (Phi) is 5.52. The second kappa shape index (κ2) is 8.18. The summed E-state index contributed by atoms with van der Waals surface area (Å²) in [7, 11) is 0. The maximum atomic E-state index is 12.5. The molecule has 4 atom stereocenters. The van der Waals surface area contributed by atoms with Gasteiger partial charge in [0.15, 0.2) is 0 Å². The van der Waals surface area contributed by atoms with E-state index < -0.39 is 0 Å². The van der Waals surface area contributed by atoms with Gasteiger partial charge in [0.2, 0.25) is 0 Å². The number of carbonyl (C=O) groups excluding carboxylic acids is 1. The molecule has 0 unspecified atom stereocenters. The Morgan fingerprint density at radius 2 is 2.03 bits per heavy atom. The predicted octanol–water partition coefficient (Wildman–Crippen LogP) is 5.53. The van der Waals surface area contributed by atoms with E-state index in [0.717, 1.165) is 44.3 Å². The van der Waals surface area contributed by atoms with E-state index in [-0.39, 0.29) is 5.41 Å². The van der Waals surface area contributed by atoms with Gasteiger partial charge in [-0.25, -0.2) is 0 Å². The molecule has 4 heteroatoms. The third-order valence-electron chi connectivity index (χ3n) is 8.69. The molecule has 166 valence electrons. The molecule has 0 N–H and O–H groups in total. The fourth-order valence-corrected chi connectivity index (χ4v) is 6.80. The van der Waals surface area contributed by atoms with Gasteiger partial charge in [0, 0.05) is 24.6 Å². The summed E-state index contributed by atoms with van der Waals surface area (Å²) in [6.45, 7) is 7.66. The lowest BCUT2D eigenvalue weighted by Gasteiger charge is -2.48. The van der Waals surface area contributed by atoms with Crippen LogP contribution in [0.15, 0.2) is 24.4 Å². The molecule has 0 spiro atoms. The fourth-order valence-electron chi connectivity index (χ4n) is 6.80. The van der Waals surface area contributed by atoms with Crippen LogP contribution in [0, 0.1) is 23.2 Å². The third-order valence-corrected chi connectivity index (χ3v) is 8.69. The summed E-state index contributed by atoms with van der Waals surface area (Å²) in [6.07, 6.45) is 12.0. The number of aryl methyl sites for hydroxylation is 4. The van der Waals surface area contributed by atoms with Crippen molar-refractivity contribution in [3.63, 3.8) is 0 Å². The van der Waals surface area contributed by atoms with E-state index in [1.54, 1.807) is 11.1 Å². The van der Waals surface area contributed by atoms with Crippen LogP contribution in [0.2, 0.25) is 0 Å². The number of hydrogen-bond acceptors (Lipinski definition) is 3. The Labute approximate surface area is 186 Å². The molecule has 2 saturated carbocycles. The standard InChI is InChI=1S/C27H37N3O/c1-18(2)4-7-21-17-30(29-28-21)15-13-19-5-8-22-20(16-19)6-9-24-23(22)12-14-27(3)25(24)10-11-26(27)31/h5,8,16-18,23-25H,4,6-7,9-15H2,1-3H3/t23-,24-,25+,27+/m1/s1. The first kappa shape index (κ1) is 20.9. The number of rotatable bonds is 6. The summed E-state index contributed by atoms with van der Waals surface area (Å²) in [5.74, 6) is 3.23. The first-order valence-corrected chi connectivity index (χ1v) is 12.5. The van der Waals surface area contributed by atoms with E-state index in [1.807, 2.05) is 4.68 Å². The highest BCUT2D eigenvalue weighted by molar-refractivity contribution is 5.87. The van der Waals surface area contributed by atoms with Crippen molar-refractivity contribution < 1.29 is 4.79 Å². The summed E-state index contributed by atoms with van der Waals surface area (Å²) in [6, 6.07) is 7.21. The number of carbonyl (C=O) groups is 1. The Balaban J connectivity index is 1.25. The van der Waals surface area contributed by atoms with Gasteiger partial charge in [-0.1, -0.05) is 44.2 Å². The molecule has 3 aliphatic rings. The minimum atomic E-state index is -0.0234. The highest BCUT2D eigenvalue weighted by atomic mass is 16.1. The van der Waals surface area contributed by atoms with Crippen molar-refractivity contribution in [3.05, 3.63) is 46.8 Å². The smallest absolute Gasteiger partial charge is 0.139 e. The van der Waals surface area contributed by atoms with Crippen LogP contribution in [-0.4, -0.2) is 20.8 Å². The van der Waals surface area contributed by atoms with Crippen LogP contribution in [0.3, 0.4) is 0 Å². The molecule has 31 heavy (non-hydrogen) atoms. The molecular formula is C27H37N3O. The molecule has 2 aromatic rings. The molecule has 4 nitrogen and oxygen atoms in total. The van der Waals surface area contributed by atoms with Crippen LogP contribution in [0.5, 0.6) is 0 Å². The first-order valence-electron chi connectivity index (χ1n) is 12.5. The number of nitrogens with zero attached hydrogens (tertiary/aromatic N) is 3. The fraction of sp³-hybridized carbons (Fsp3) is 0.667. The minimum absolute atomic E-state index is 0.0234. The number of benzene rings is 1. The average molecular weight is 420 g/mol. The Hall–Kier alpha value is -1.97. The molecule has 2 fully saturated rings. The van der Waals surface area contributed by atoms with Gasteiger partial charge in [-0.2, -0.15) is 0 Å². The molecule has 3 aliphatic carbocycles. The lowest BCUT2D eigenvalue weighted by molar-refractivity contribution is -0.129. The molecule has 1 heterocycles. The van der Waals surface area contributed by atoms with Gasteiger partial charge in [-0.05, 0) is 91.7 Å². The van der Waals surface area contributed by atoms with Gasteiger partial charge < -0.3 is 0 Å². The Bertz CT molecular complexity index is 961. The Morgan fingerprint density at radius 3 is 2.87 bits per heavy atom. The zero-order valence-electron chi connectivity index (χ0n) is 19.4. The van der Waals surface area contributed by atoms with Gasteiger partial charge in [0.05, 0.1) is 5.69 Å². The van der Waals surface area contributed by atoms with Crippen molar-refractivity contribution in [3.8, 4) is 0 Å². The number of aromatic nitrogens is 3.